The molecule has 0 saturated heterocycles. The van der Waals surface area contributed by atoms with E-state index in [0.29, 0.717) is 0 Å². The number of rotatable bonds is 6. The second-order valence-electron chi connectivity index (χ2n) is 4.78. The molecule has 0 aliphatic rings. The standard InChI is InChI=1S/C17H17F2NO4/c1-22-15-11(17(21)24-3)16(23-2)13(19)14(12(15)18)20-9-10-7-5-4-6-8-10/h4-8,20H,9H2,1-3H3. The number of carbonyl (C=O) groups is 1. The third-order valence-electron chi connectivity index (χ3n) is 3.40. The molecule has 0 spiro atoms. The van der Waals surface area contributed by atoms with Crippen molar-refractivity contribution in [3.05, 3.63) is 53.1 Å². The summed E-state index contributed by atoms with van der Waals surface area (Å²) in [5.74, 6) is -3.93. The summed E-state index contributed by atoms with van der Waals surface area (Å²) in [6.07, 6.45) is 0. The van der Waals surface area contributed by atoms with Gasteiger partial charge in [0.05, 0.1) is 21.3 Å². The van der Waals surface area contributed by atoms with Crippen LogP contribution in [0.25, 0.3) is 0 Å². The number of carbonyl (C=O) groups excluding carboxylic acids is 1. The Morgan fingerprint density at radius 3 is 2.00 bits per heavy atom. The summed E-state index contributed by atoms with van der Waals surface area (Å²) in [7, 11) is 3.44. The lowest BCUT2D eigenvalue weighted by Crippen LogP contribution is -2.13. The number of methoxy groups -OCH3 is 3. The smallest absolute Gasteiger partial charge is 0.345 e. The molecule has 2 rings (SSSR count). The number of anilines is 1. The van der Waals surface area contributed by atoms with Crippen LogP contribution in [0.3, 0.4) is 0 Å². The number of halogens is 2. The third-order valence-corrected chi connectivity index (χ3v) is 3.40. The van der Waals surface area contributed by atoms with E-state index < -0.39 is 40.4 Å². The van der Waals surface area contributed by atoms with Crippen LogP contribution in [0.4, 0.5) is 14.5 Å². The molecule has 7 heteroatoms. The maximum atomic E-state index is 14.6. The van der Waals surface area contributed by atoms with E-state index in [0.717, 1.165) is 12.7 Å². The Morgan fingerprint density at radius 1 is 1.00 bits per heavy atom. The van der Waals surface area contributed by atoms with Crippen LogP contribution in [0.2, 0.25) is 0 Å². The molecular weight excluding hydrogens is 320 g/mol. The summed E-state index contributed by atoms with van der Waals surface area (Å²) in [6.45, 7) is 0.179. The molecule has 0 aliphatic carbocycles. The molecule has 24 heavy (non-hydrogen) atoms. The summed E-state index contributed by atoms with van der Waals surface area (Å²) in [5, 5.41) is 2.67. The third kappa shape index (κ3) is 3.24. The zero-order valence-corrected chi connectivity index (χ0v) is 13.5. The first-order valence-corrected chi connectivity index (χ1v) is 7.04. The molecule has 5 nitrogen and oxygen atoms in total. The second kappa shape index (κ2) is 7.63. The minimum absolute atomic E-state index is 0.179. The Morgan fingerprint density at radius 2 is 1.54 bits per heavy atom. The first-order valence-electron chi connectivity index (χ1n) is 7.04. The van der Waals surface area contributed by atoms with E-state index in [2.05, 4.69) is 10.1 Å². The zero-order chi connectivity index (χ0) is 17.7. The normalized spacial score (nSPS) is 10.2. The molecule has 128 valence electrons. The van der Waals surface area contributed by atoms with Crippen LogP contribution in [0, 0.1) is 11.6 Å². The fourth-order valence-corrected chi connectivity index (χ4v) is 2.26. The molecule has 0 aliphatic heterocycles. The van der Waals surface area contributed by atoms with Crippen molar-refractivity contribution in [1.29, 1.82) is 0 Å². The molecule has 0 unspecified atom stereocenters. The number of benzene rings is 2. The molecule has 0 aromatic heterocycles. The monoisotopic (exact) mass is 337 g/mol. The predicted octanol–water partition coefficient (Wildman–Crippen LogP) is 3.38. The van der Waals surface area contributed by atoms with Crippen molar-refractivity contribution in [2.45, 2.75) is 6.54 Å². The highest BCUT2D eigenvalue weighted by Gasteiger charge is 2.31. The number of esters is 1. The zero-order valence-electron chi connectivity index (χ0n) is 13.5. The SMILES string of the molecule is COC(=O)c1c(OC)c(F)c(NCc2ccccc2)c(F)c1OC. The molecule has 0 radical (unpaired) electrons. The van der Waals surface area contributed by atoms with Gasteiger partial charge in [-0.2, -0.15) is 0 Å². The molecular formula is C17H17F2NO4. The van der Waals surface area contributed by atoms with Gasteiger partial charge in [0.2, 0.25) is 0 Å². The fraction of sp³-hybridized carbons (Fsp3) is 0.235. The quantitative estimate of drug-likeness (QED) is 0.819. The summed E-state index contributed by atoms with van der Waals surface area (Å²) in [6, 6.07) is 9.07. The van der Waals surface area contributed by atoms with Gasteiger partial charge in [0.15, 0.2) is 23.1 Å². The molecule has 2 aromatic rings. The summed E-state index contributed by atoms with van der Waals surface area (Å²) in [5.41, 5.74) is -0.0609. The van der Waals surface area contributed by atoms with Crippen molar-refractivity contribution in [2.75, 3.05) is 26.6 Å². The van der Waals surface area contributed by atoms with Crippen molar-refractivity contribution in [2.24, 2.45) is 0 Å². The van der Waals surface area contributed by atoms with Crippen molar-refractivity contribution in [1.82, 2.24) is 0 Å². The Hall–Kier alpha value is -2.83. The Kier molecular flexibility index (Phi) is 5.57. The summed E-state index contributed by atoms with van der Waals surface area (Å²) < 4.78 is 43.6. The first-order chi connectivity index (χ1) is 11.5. The van der Waals surface area contributed by atoms with E-state index in [1.54, 1.807) is 12.1 Å². The van der Waals surface area contributed by atoms with Gasteiger partial charge in [0.1, 0.15) is 11.3 Å². The Labute approximate surface area is 138 Å². The number of nitrogens with one attached hydrogen (secondary N) is 1. The van der Waals surface area contributed by atoms with E-state index in [4.69, 9.17) is 9.47 Å². The van der Waals surface area contributed by atoms with Crippen molar-refractivity contribution in [3.8, 4) is 11.5 Å². The molecule has 0 bridgehead atoms. The van der Waals surface area contributed by atoms with Gasteiger partial charge in [-0.05, 0) is 5.56 Å². The Bertz CT molecular complexity index is 704. The maximum absolute atomic E-state index is 14.6. The van der Waals surface area contributed by atoms with E-state index in [1.165, 1.54) is 14.2 Å². The number of hydrogen-bond donors (Lipinski definition) is 1. The van der Waals surface area contributed by atoms with Crippen LogP contribution in [0.1, 0.15) is 15.9 Å². The highest BCUT2D eigenvalue weighted by atomic mass is 19.1. The van der Waals surface area contributed by atoms with Crippen LogP contribution in [0.5, 0.6) is 11.5 Å². The van der Waals surface area contributed by atoms with E-state index >= 15 is 0 Å². The second-order valence-corrected chi connectivity index (χ2v) is 4.78. The van der Waals surface area contributed by atoms with Crippen LogP contribution in [-0.2, 0) is 11.3 Å². The van der Waals surface area contributed by atoms with Gasteiger partial charge in [-0.25, -0.2) is 13.6 Å². The van der Waals surface area contributed by atoms with Gasteiger partial charge in [-0.15, -0.1) is 0 Å². The fourth-order valence-electron chi connectivity index (χ4n) is 2.26. The minimum Gasteiger partial charge on any atom is -0.493 e. The highest BCUT2D eigenvalue weighted by molar-refractivity contribution is 5.97. The lowest BCUT2D eigenvalue weighted by Gasteiger charge is -2.17. The average molecular weight is 337 g/mol. The molecule has 1 N–H and O–H groups in total. The molecule has 0 saturated carbocycles. The van der Waals surface area contributed by atoms with Crippen LogP contribution in [0.15, 0.2) is 30.3 Å². The molecule has 2 aromatic carbocycles. The lowest BCUT2D eigenvalue weighted by atomic mass is 10.1. The van der Waals surface area contributed by atoms with E-state index in [9.17, 15) is 13.6 Å². The van der Waals surface area contributed by atoms with Gasteiger partial charge >= 0.3 is 5.97 Å². The highest BCUT2D eigenvalue weighted by Crippen LogP contribution is 2.40. The summed E-state index contributed by atoms with van der Waals surface area (Å²) >= 11 is 0. The van der Waals surface area contributed by atoms with Crippen LogP contribution >= 0.6 is 0 Å². The van der Waals surface area contributed by atoms with Crippen molar-refractivity contribution in [3.63, 3.8) is 0 Å². The van der Waals surface area contributed by atoms with Gasteiger partial charge in [-0.1, -0.05) is 30.3 Å². The van der Waals surface area contributed by atoms with Crippen molar-refractivity contribution < 1.29 is 27.8 Å². The molecule has 0 amide bonds. The lowest BCUT2D eigenvalue weighted by molar-refractivity contribution is 0.0591. The largest absolute Gasteiger partial charge is 0.493 e. The average Bonchev–Trinajstić information content (AvgIpc) is 2.61. The van der Waals surface area contributed by atoms with Crippen LogP contribution < -0.4 is 14.8 Å². The van der Waals surface area contributed by atoms with Crippen molar-refractivity contribution >= 4 is 11.7 Å². The Balaban J connectivity index is 2.50. The van der Waals surface area contributed by atoms with Gasteiger partial charge in [-0.3, -0.25) is 0 Å². The molecule has 0 heterocycles. The van der Waals surface area contributed by atoms with E-state index in [1.807, 2.05) is 18.2 Å². The molecule has 0 fully saturated rings. The van der Waals surface area contributed by atoms with E-state index in [-0.39, 0.29) is 6.54 Å². The van der Waals surface area contributed by atoms with Gasteiger partial charge in [0, 0.05) is 6.54 Å². The van der Waals surface area contributed by atoms with Crippen LogP contribution in [-0.4, -0.2) is 27.3 Å². The topological polar surface area (TPSA) is 56.8 Å². The minimum atomic E-state index is -1.04. The predicted molar refractivity (Wildman–Crippen MR) is 84.6 cm³/mol. The number of hydrogen-bond acceptors (Lipinski definition) is 5. The molecule has 0 atom stereocenters. The van der Waals surface area contributed by atoms with Gasteiger partial charge < -0.3 is 19.5 Å². The maximum Gasteiger partial charge on any atom is 0.345 e. The first kappa shape index (κ1) is 17.5. The van der Waals surface area contributed by atoms with Gasteiger partial charge in [0.25, 0.3) is 0 Å². The summed E-state index contributed by atoms with van der Waals surface area (Å²) in [4.78, 5) is 11.8. The number of ether oxygens (including phenoxy) is 3.